The molecule has 5 nitrogen and oxygen atoms in total. The molecule has 0 radical (unpaired) electrons. The van der Waals surface area contributed by atoms with Gasteiger partial charge in [0.05, 0.1) is 18.3 Å². The molecule has 0 saturated carbocycles. The lowest BCUT2D eigenvalue weighted by Gasteiger charge is -2.31. The Bertz CT molecular complexity index is 450. The fraction of sp³-hybridized carbons (Fsp3) is 0.733. The molecule has 1 amide bonds. The summed E-state index contributed by atoms with van der Waals surface area (Å²) in [4.78, 5) is 14.3. The third-order valence-corrected chi connectivity index (χ3v) is 4.34. The first-order valence-corrected chi connectivity index (χ1v) is 7.43. The van der Waals surface area contributed by atoms with Crippen LogP contribution in [0.15, 0.2) is 4.52 Å². The van der Waals surface area contributed by atoms with Crippen LogP contribution >= 0.6 is 0 Å². The van der Waals surface area contributed by atoms with Crippen LogP contribution in [0.2, 0.25) is 0 Å². The van der Waals surface area contributed by atoms with Gasteiger partial charge in [0.25, 0.3) is 0 Å². The number of likely N-dealkylation sites (N-methyl/N-ethyl adjacent to an activating group) is 1. The summed E-state index contributed by atoms with van der Waals surface area (Å²) < 4.78 is 5.15. The third kappa shape index (κ3) is 3.20. The van der Waals surface area contributed by atoms with Gasteiger partial charge in [-0.05, 0) is 39.2 Å². The van der Waals surface area contributed by atoms with Crippen molar-refractivity contribution < 1.29 is 9.32 Å². The van der Waals surface area contributed by atoms with Gasteiger partial charge in [0, 0.05) is 12.6 Å². The van der Waals surface area contributed by atoms with Gasteiger partial charge in [-0.25, -0.2) is 0 Å². The zero-order valence-corrected chi connectivity index (χ0v) is 12.9. The molecule has 1 aliphatic heterocycles. The highest BCUT2D eigenvalue weighted by Gasteiger charge is 2.28. The van der Waals surface area contributed by atoms with Crippen molar-refractivity contribution in [3.05, 3.63) is 17.0 Å². The number of nitrogens with one attached hydrogen (secondary N) is 1. The predicted molar refractivity (Wildman–Crippen MR) is 77.3 cm³/mol. The molecule has 0 spiro atoms. The van der Waals surface area contributed by atoms with Crippen LogP contribution in [0.4, 0.5) is 0 Å². The molecule has 1 aliphatic rings. The predicted octanol–water partition coefficient (Wildman–Crippen LogP) is 2.03. The van der Waals surface area contributed by atoms with Gasteiger partial charge in [0.2, 0.25) is 5.91 Å². The Hall–Kier alpha value is -1.36. The Morgan fingerprint density at radius 1 is 1.50 bits per heavy atom. The van der Waals surface area contributed by atoms with Gasteiger partial charge < -0.3 is 14.7 Å². The van der Waals surface area contributed by atoms with Crippen LogP contribution < -0.4 is 5.32 Å². The van der Waals surface area contributed by atoms with Gasteiger partial charge in [-0.15, -0.1) is 0 Å². The Morgan fingerprint density at radius 3 is 2.85 bits per heavy atom. The maximum atomic E-state index is 12.5. The molecule has 1 saturated heterocycles. The molecule has 2 heterocycles. The van der Waals surface area contributed by atoms with Crippen LogP contribution in [0.25, 0.3) is 0 Å². The number of carbonyl (C=O) groups is 1. The molecule has 1 aromatic heterocycles. The smallest absolute Gasteiger partial charge is 0.239 e. The Labute approximate surface area is 120 Å². The zero-order valence-electron chi connectivity index (χ0n) is 12.9. The molecule has 2 rings (SSSR count). The van der Waals surface area contributed by atoms with Crippen molar-refractivity contribution in [3.63, 3.8) is 0 Å². The van der Waals surface area contributed by atoms with E-state index in [4.69, 9.17) is 4.52 Å². The van der Waals surface area contributed by atoms with Gasteiger partial charge >= 0.3 is 0 Å². The highest BCUT2D eigenvalue weighted by molar-refractivity contribution is 5.81. The standard InChI is InChI=1S/C15H25N3O2/c1-5-12-6-7-16-14(8-12)15(19)18(4)9-13-10(2)17-20-11(13)3/h12,14,16H,5-9H2,1-4H3. The molecular weight excluding hydrogens is 254 g/mol. The number of nitrogens with zero attached hydrogens (tertiary/aromatic N) is 2. The SMILES string of the molecule is CCC1CCNC(C(=O)N(C)Cc2c(C)noc2C)C1. The van der Waals surface area contributed by atoms with Crippen LogP contribution in [0.3, 0.4) is 0 Å². The van der Waals surface area contributed by atoms with Crippen molar-refractivity contribution in [2.75, 3.05) is 13.6 Å². The van der Waals surface area contributed by atoms with Crippen LogP contribution in [-0.4, -0.2) is 35.6 Å². The fourth-order valence-corrected chi connectivity index (χ4v) is 2.86. The van der Waals surface area contributed by atoms with Crippen molar-refractivity contribution in [1.29, 1.82) is 0 Å². The van der Waals surface area contributed by atoms with Gasteiger partial charge in [0.1, 0.15) is 5.76 Å². The second kappa shape index (κ2) is 6.39. The Morgan fingerprint density at radius 2 is 2.25 bits per heavy atom. The van der Waals surface area contributed by atoms with E-state index in [0.29, 0.717) is 12.5 Å². The molecular formula is C15H25N3O2. The highest BCUT2D eigenvalue weighted by Crippen LogP contribution is 2.21. The summed E-state index contributed by atoms with van der Waals surface area (Å²) in [6, 6.07) is -0.0424. The summed E-state index contributed by atoms with van der Waals surface area (Å²) in [7, 11) is 1.85. The summed E-state index contributed by atoms with van der Waals surface area (Å²) in [5.74, 6) is 1.63. The average Bonchev–Trinajstić information content (AvgIpc) is 2.78. The first-order chi connectivity index (χ1) is 9.52. The molecule has 1 N–H and O–H groups in total. The summed E-state index contributed by atoms with van der Waals surface area (Å²) in [5, 5.41) is 7.28. The van der Waals surface area contributed by atoms with E-state index in [2.05, 4.69) is 17.4 Å². The number of hydrogen-bond acceptors (Lipinski definition) is 4. The fourth-order valence-electron chi connectivity index (χ4n) is 2.86. The molecule has 1 aromatic rings. The monoisotopic (exact) mass is 279 g/mol. The second-order valence-corrected chi connectivity index (χ2v) is 5.80. The molecule has 0 bridgehead atoms. The van der Waals surface area contributed by atoms with E-state index >= 15 is 0 Å². The molecule has 0 aromatic carbocycles. The lowest BCUT2D eigenvalue weighted by Crippen LogP contribution is -2.49. The van der Waals surface area contributed by atoms with Gasteiger partial charge in [0.15, 0.2) is 0 Å². The van der Waals surface area contributed by atoms with Crippen molar-refractivity contribution in [1.82, 2.24) is 15.4 Å². The van der Waals surface area contributed by atoms with E-state index in [9.17, 15) is 4.79 Å². The maximum absolute atomic E-state index is 12.5. The van der Waals surface area contributed by atoms with E-state index in [0.717, 1.165) is 36.4 Å². The van der Waals surface area contributed by atoms with E-state index < -0.39 is 0 Å². The third-order valence-electron chi connectivity index (χ3n) is 4.34. The number of aromatic nitrogens is 1. The zero-order chi connectivity index (χ0) is 14.7. The number of carbonyl (C=O) groups excluding carboxylic acids is 1. The second-order valence-electron chi connectivity index (χ2n) is 5.80. The first kappa shape index (κ1) is 15.0. The van der Waals surface area contributed by atoms with E-state index in [1.165, 1.54) is 6.42 Å². The molecule has 112 valence electrons. The van der Waals surface area contributed by atoms with Gasteiger partial charge in [-0.1, -0.05) is 18.5 Å². The van der Waals surface area contributed by atoms with Gasteiger partial charge in [-0.2, -0.15) is 0 Å². The Kier molecular flexibility index (Phi) is 4.81. The minimum Gasteiger partial charge on any atom is -0.361 e. The number of aryl methyl sites for hydroxylation is 2. The lowest BCUT2D eigenvalue weighted by molar-refractivity contribution is -0.133. The summed E-state index contributed by atoms with van der Waals surface area (Å²) in [6.45, 7) is 7.50. The molecule has 2 atom stereocenters. The summed E-state index contributed by atoms with van der Waals surface area (Å²) in [6.07, 6.45) is 3.27. The number of amides is 1. The van der Waals surface area contributed by atoms with Crippen molar-refractivity contribution in [2.45, 2.75) is 52.6 Å². The average molecular weight is 279 g/mol. The largest absolute Gasteiger partial charge is 0.361 e. The van der Waals surface area contributed by atoms with Crippen molar-refractivity contribution in [3.8, 4) is 0 Å². The Balaban J connectivity index is 1.98. The van der Waals surface area contributed by atoms with E-state index in [1.807, 2.05) is 20.9 Å². The maximum Gasteiger partial charge on any atom is 0.239 e. The first-order valence-electron chi connectivity index (χ1n) is 7.43. The number of rotatable bonds is 4. The van der Waals surface area contributed by atoms with E-state index in [-0.39, 0.29) is 11.9 Å². The van der Waals surface area contributed by atoms with Crippen LogP contribution in [-0.2, 0) is 11.3 Å². The van der Waals surface area contributed by atoms with Crippen LogP contribution in [0, 0.1) is 19.8 Å². The number of piperidine rings is 1. The quantitative estimate of drug-likeness (QED) is 0.916. The minimum atomic E-state index is -0.0424. The highest BCUT2D eigenvalue weighted by atomic mass is 16.5. The summed E-state index contributed by atoms with van der Waals surface area (Å²) in [5.41, 5.74) is 1.88. The molecule has 2 unspecified atom stereocenters. The molecule has 20 heavy (non-hydrogen) atoms. The van der Waals surface area contributed by atoms with Crippen LogP contribution in [0.1, 0.15) is 43.2 Å². The number of hydrogen-bond donors (Lipinski definition) is 1. The molecule has 0 aliphatic carbocycles. The van der Waals surface area contributed by atoms with Gasteiger partial charge in [-0.3, -0.25) is 4.79 Å². The van der Waals surface area contributed by atoms with Crippen LogP contribution in [0.5, 0.6) is 0 Å². The normalized spacial score (nSPS) is 22.8. The molecule has 5 heteroatoms. The lowest BCUT2D eigenvalue weighted by atomic mass is 9.90. The topological polar surface area (TPSA) is 58.4 Å². The van der Waals surface area contributed by atoms with E-state index in [1.54, 1.807) is 4.90 Å². The molecule has 1 fully saturated rings. The van der Waals surface area contributed by atoms with Crippen molar-refractivity contribution >= 4 is 5.91 Å². The summed E-state index contributed by atoms with van der Waals surface area (Å²) >= 11 is 0. The van der Waals surface area contributed by atoms with Crippen molar-refractivity contribution in [2.24, 2.45) is 5.92 Å². The minimum absolute atomic E-state index is 0.0424.